The molecule has 2 heterocycles. The Kier molecular flexibility index (Phi) is 7.53. The molecule has 8 aromatic rings. The SMILES string of the molecule is C1=CCCC(c2cc(-c3cccc(-c4ccc(-c5cccc(-c6cccc7c6sc6ccccc67)c5)cc4)c3)nc(-c3ccccc3)n2)=C1. The summed E-state index contributed by atoms with van der Waals surface area (Å²) < 4.78 is 2.67. The van der Waals surface area contributed by atoms with Gasteiger partial charge in [0.1, 0.15) is 0 Å². The van der Waals surface area contributed by atoms with Gasteiger partial charge in [-0.1, -0.05) is 146 Å². The average molecular weight is 645 g/mol. The molecule has 2 aromatic heterocycles. The van der Waals surface area contributed by atoms with Gasteiger partial charge >= 0.3 is 0 Å². The third-order valence-corrected chi connectivity index (χ3v) is 10.6. The normalized spacial score (nSPS) is 12.8. The van der Waals surface area contributed by atoms with Crippen molar-refractivity contribution < 1.29 is 0 Å². The fourth-order valence-electron chi connectivity index (χ4n) is 6.85. The molecule has 0 atom stereocenters. The van der Waals surface area contributed by atoms with Crippen molar-refractivity contribution in [1.82, 2.24) is 9.97 Å². The molecule has 0 fully saturated rings. The first-order valence-corrected chi connectivity index (χ1v) is 17.6. The van der Waals surface area contributed by atoms with Crippen molar-refractivity contribution in [3.8, 4) is 56.0 Å². The van der Waals surface area contributed by atoms with Crippen molar-refractivity contribution >= 4 is 37.1 Å². The van der Waals surface area contributed by atoms with Crippen LogP contribution in [0.5, 0.6) is 0 Å². The summed E-state index contributed by atoms with van der Waals surface area (Å²) in [7, 11) is 0. The zero-order valence-corrected chi connectivity index (χ0v) is 27.7. The van der Waals surface area contributed by atoms with Crippen molar-refractivity contribution in [3.05, 3.63) is 176 Å². The molecule has 9 rings (SSSR count). The highest BCUT2D eigenvalue weighted by atomic mass is 32.1. The predicted molar refractivity (Wildman–Crippen MR) is 208 cm³/mol. The highest BCUT2D eigenvalue weighted by molar-refractivity contribution is 7.26. The van der Waals surface area contributed by atoms with Gasteiger partial charge in [0.05, 0.1) is 11.4 Å². The lowest BCUT2D eigenvalue weighted by Gasteiger charge is -2.13. The van der Waals surface area contributed by atoms with Crippen LogP contribution in [0.3, 0.4) is 0 Å². The summed E-state index contributed by atoms with van der Waals surface area (Å²) in [5.41, 5.74) is 12.6. The number of aromatic nitrogens is 2. The second-order valence-corrected chi connectivity index (χ2v) is 13.6. The standard InChI is InChI=1S/C46H32N2S/c1-3-12-33(13-4-1)42-30-43(48-46(47-42)34-14-5-2-6-15-34)38-19-10-17-36(29-38)32-26-24-31(25-27-32)35-16-9-18-37(28-35)39-21-11-22-41-40-20-7-8-23-44(40)49-45(39)41/h1-3,5-12,14-30H,4,13H2. The molecule has 0 aliphatic heterocycles. The highest BCUT2D eigenvalue weighted by Crippen LogP contribution is 2.40. The monoisotopic (exact) mass is 644 g/mol. The van der Waals surface area contributed by atoms with Gasteiger partial charge in [-0.3, -0.25) is 0 Å². The summed E-state index contributed by atoms with van der Waals surface area (Å²) >= 11 is 1.88. The minimum Gasteiger partial charge on any atom is -0.228 e. The van der Waals surface area contributed by atoms with E-state index in [0.29, 0.717) is 0 Å². The fraction of sp³-hybridized carbons (Fsp3) is 0.0435. The van der Waals surface area contributed by atoms with Crippen molar-refractivity contribution in [3.63, 3.8) is 0 Å². The largest absolute Gasteiger partial charge is 0.228 e. The van der Waals surface area contributed by atoms with Gasteiger partial charge in [0, 0.05) is 31.3 Å². The lowest BCUT2D eigenvalue weighted by molar-refractivity contribution is 1.03. The molecule has 0 spiro atoms. The van der Waals surface area contributed by atoms with Crippen molar-refractivity contribution in [2.75, 3.05) is 0 Å². The lowest BCUT2D eigenvalue weighted by Crippen LogP contribution is -1.99. The van der Waals surface area contributed by atoms with E-state index in [0.717, 1.165) is 46.7 Å². The molecule has 1 aliphatic rings. The highest BCUT2D eigenvalue weighted by Gasteiger charge is 2.14. The maximum absolute atomic E-state index is 5.07. The third-order valence-electron chi connectivity index (χ3n) is 9.39. The molecule has 0 amide bonds. The molecule has 49 heavy (non-hydrogen) atoms. The fourth-order valence-corrected chi connectivity index (χ4v) is 8.08. The summed E-state index contributed by atoms with van der Waals surface area (Å²) in [6.07, 6.45) is 8.54. The average Bonchev–Trinajstić information content (AvgIpc) is 3.58. The molecular formula is C46H32N2S. The van der Waals surface area contributed by atoms with Crippen molar-refractivity contribution in [1.29, 1.82) is 0 Å². The van der Waals surface area contributed by atoms with E-state index in [1.54, 1.807) is 0 Å². The Morgan fingerprint density at radius 3 is 1.88 bits per heavy atom. The third kappa shape index (κ3) is 5.69. The number of thiophene rings is 1. The number of hydrogen-bond donors (Lipinski definition) is 0. The molecule has 6 aromatic carbocycles. The molecule has 0 N–H and O–H groups in total. The molecule has 0 bridgehead atoms. The zero-order valence-electron chi connectivity index (χ0n) is 26.9. The molecular weight excluding hydrogens is 613 g/mol. The first kappa shape index (κ1) is 29.3. The minimum absolute atomic E-state index is 0.754. The number of nitrogens with zero attached hydrogens (tertiary/aromatic N) is 2. The second-order valence-electron chi connectivity index (χ2n) is 12.5. The molecule has 3 heteroatoms. The Balaban J connectivity index is 1.04. The van der Waals surface area contributed by atoms with E-state index in [9.17, 15) is 0 Å². The van der Waals surface area contributed by atoms with E-state index >= 15 is 0 Å². The van der Waals surface area contributed by atoms with Crippen LogP contribution in [-0.2, 0) is 0 Å². The lowest BCUT2D eigenvalue weighted by atomic mass is 9.95. The van der Waals surface area contributed by atoms with Crippen LogP contribution < -0.4 is 0 Å². The van der Waals surface area contributed by atoms with Crippen LogP contribution in [0, 0.1) is 0 Å². The van der Waals surface area contributed by atoms with Crippen LogP contribution in [0.25, 0.3) is 81.8 Å². The van der Waals surface area contributed by atoms with Crippen LogP contribution >= 0.6 is 11.3 Å². The summed E-state index contributed by atoms with van der Waals surface area (Å²) in [6, 6.07) is 54.4. The van der Waals surface area contributed by atoms with Crippen LogP contribution in [0.4, 0.5) is 0 Å². The van der Waals surface area contributed by atoms with E-state index < -0.39 is 0 Å². The van der Waals surface area contributed by atoms with Crippen LogP contribution in [-0.4, -0.2) is 9.97 Å². The van der Waals surface area contributed by atoms with Crippen molar-refractivity contribution in [2.45, 2.75) is 12.8 Å². The van der Waals surface area contributed by atoms with Gasteiger partial charge in [-0.15, -0.1) is 11.3 Å². The van der Waals surface area contributed by atoms with Crippen molar-refractivity contribution in [2.24, 2.45) is 0 Å². The quantitative estimate of drug-likeness (QED) is 0.180. The summed E-state index contributed by atoms with van der Waals surface area (Å²) in [5.74, 6) is 0.754. The first-order chi connectivity index (χ1) is 24.3. The molecule has 0 radical (unpaired) electrons. The van der Waals surface area contributed by atoms with Crippen LogP contribution in [0.15, 0.2) is 170 Å². The Morgan fingerprint density at radius 1 is 0.469 bits per heavy atom. The number of fused-ring (bicyclic) bond motifs is 3. The van der Waals surface area contributed by atoms with Gasteiger partial charge in [-0.05, 0) is 76.1 Å². The van der Waals surface area contributed by atoms with E-state index in [2.05, 4.69) is 152 Å². The predicted octanol–water partition coefficient (Wildman–Crippen LogP) is 12.9. The molecule has 2 nitrogen and oxygen atoms in total. The van der Waals surface area contributed by atoms with E-state index in [1.165, 1.54) is 53.6 Å². The second kappa shape index (κ2) is 12.6. The summed E-state index contributed by atoms with van der Waals surface area (Å²) in [4.78, 5) is 10.1. The molecule has 0 unspecified atom stereocenters. The van der Waals surface area contributed by atoms with Gasteiger partial charge in [-0.2, -0.15) is 0 Å². The van der Waals surface area contributed by atoms with Gasteiger partial charge in [-0.25, -0.2) is 9.97 Å². The zero-order chi connectivity index (χ0) is 32.6. The molecule has 0 saturated heterocycles. The molecule has 232 valence electrons. The van der Waals surface area contributed by atoms with Gasteiger partial charge in [0.25, 0.3) is 0 Å². The summed E-state index contributed by atoms with van der Waals surface area (Å²) in [5, 5.41) is 2.66. The van der Waals surface area contributed by atoms with Gasteiger partial charge in [0.2, 0.25) is 0 Å². The van der Waals surface area contributed by atoms with Crippen LogP contribution in [0.2, 0.25) is 0 Å². The van der Waals surface area contributed by atoms with Gasteiger partial charge < -0.3 is 0 Å². The Morgan fingerprint density at radius 2 is 1.10 bits per heavy atom. The van der Waals surface area contributed by atoms with Crippen LogP contribution in [0.1, 0.15) is 18.5 Å². The van der Waals surface area contributed by atoms with E-state index in [-0.39, 0.29) is 0 Å². The number of hydrogen-bond acceptors (Lipinski definition) is 3. The smallest absolute Gasteiger partial charge is 0.160 e. The Bertz CT molecular complexity index is 2540. The minimum atomic E-state index is 0.754. The molecule has 1 aliphatic carbocycles. The van der Waals surface area contributed by atoms with E-state index in [4.69, 9.17) is 9.97 Å². The number of rotatable bonds is 6. The molecule has 0 saturated carbocycles. The van der Waals surface area contributed by atoms with E-state index in [1.807, 2.05) is 29.5 Å². The first-order valence-electron chi connectivity index (χ1n) is 16.8. The topological polar surface area (TPSA) is 25.8 Å². The maximum Gasteiger partial charge on any atom is 0.160 e. The Labute approximate surface area is 290 Å². The maximum atomic E-state index is 5.07. The number of allylic oxidation sites excluding steroid dienone is 4. The Hall–Kier alpha value is -5.90. The van der Waals surface area contributed by atoms with Gasteiger partial charge in [0.15, 0.2) is 5.82 Å². The summed E-state index contributed by atoms with van der Waals surface area (Å²) in [6.45, 7) is 0. The number of benzene rings is 6.